The normalized spacial score (nSPS) is 23.7. The molecule has 2 heterocycles. The molecule has 1 aliphatic rings. The number of methoxy groups -OCH3 is 2. The molecular weight excluding hydrogens is 218 g/mol. The van der Waals surface area contributed by atoms with Crippen molar-refractivity contribution in [1.82, 2.24) is 4.98 Å². The number of aromatic nitrogens is 1. The Bertz CT molecular complexity index is 401. The molecule has 2 rings (SSSR count). The molecule has 1 aromatic rings. The predicted molar refractivity (Wildman–Crippen MR) is 62.8 cm³/mol. The maximum atomic E-state index is 8.71. The first-order valence-electron chi connectivity index (χ1n) is 5.45. The van der Waals surface area contributed by atoms with E-state index in [1.54, 1.807) is 26.5 Å². The maximum absolute atomic E-state index is 8.71. The lowest BCUT2D eigenvalue weighted by Gasteiger charge is -2.16. The van der Waals surface area contributed by atoms with Gasteiger partial charge >= 0.3 is 0 Å². The van der Waals surface area contributed by atoms with Gasteiger partial charge in [0.15, 0.2) is 0 Å². The van der Waals surface area contributed by atoms with Gasteiger partial charge in [0.05, 0.1) is 5.56 Å². The predicted octanol–water partition coefficient (Wildman–Crippen LogP) is 0.803. The van der Waals surface area contributed by atoms with Gasteiger partial charge in [0.25, 0.3) is 0 Å². The van der Waals surface area contributed by atoms with Gasteiger partial charge < -0.3 is 14.4 Å². The highest BCUT2D eigenvalue weighted by atomic mass is 16.5. The van der Waals surface area contributed by atoms with E-state index in [-0.39, 0.29) is 12.2 Å². The van der Waals surface area contributed by atoms with Gasteiger partial charge in [-0.05, 0) is 12.1 Å². The molecule has 1 aliphatic heterocycles. The van der Waals surface area contributed by atoms with Crippen molar-refractivity contribution in [2.24, 2.45) is 0 Å². The Labute approximate surface area is 101 Å². The smallest absolute Gasteiger partial charge is 0.128 e. The molecule has 0 aliphatic carbocycles. The van der Waals surface area contributed by atoms with E-state index in [1.807, 2.05) is 6.07 Å². The second kappa shape index (κ2) is 5.13. The summed E-state index contributed by atoms with van der Waals surface area (Å²) in [5, 5.41) is 8.71. The molecule has 0 spiro atoms. The van der Waals surface area contributed by atoms with Crippen molar-refractivity contribution < 1.29 is 9.47 Å². The van der Waals surface area contributed by atoms with Crippen LogP contribution in [0.15, 0.2) is 18.3 Å². The van der Waals surface area contributed by atoms with Gasteiger partial charge in [0.1, 0.15) is 24.1 Å². The fraction of sp³-hybridized carbons (Fsp3) is 0.500. The van der Waals surface area contributed by atoms with Crippen molar-refractivity contribution in [3.63, 3.8) is 0 Å². The van der Waals surface area contributed by atoms with E-state index in [2.05, 4.69) is 16.0 Å². The first-order valence-corrected chi connectivity index (χ1v) is 5.45. The van der Waals surface area contributed by atoms with Crippen LogP contribution in [-0.2, 0) is 9.47 Å². The third kappa shape index (κ3) is 2.38. The number of ether oxygens (including phenoxy) is 2. The van der Waals surface area contributed by atoms with E-state index >= 15 is 0 Å². The van der Waals surface area contributed by atoms with Crippen LogP contribution < -0.4 is 4.90 Å². The van der Waals surface area contributed by atoms with E-state index < -0.39 is 0 Å². The van der Waals surface area contributed by atoms with Crippen LogP contribution in [0.2, 0.25) is 0 Å². The Balaban J connectivity index is 2.11. The van der Waals surface area contributed by atoms with Crippen molar-refractivity contribution in [1.29, 1.82) is 5.26 Å². The zero-order valence-corrected chi connectivity index (χ0v) is 9.96. The Morgan fingerprint density at radius 2 is 1.94 bits per heavy atom. The van der Waals surface area contributed by atoms with E-state index in [9.17, 15) is 0 Å². The highest BCUT2D eigenvalue weighted by Gasteiger charge is 2.33. The number of hydrogen-bond acceptors (Lipinski definition) is 5. The summed E-state index contributed by atoms with van der Waals surface area (Å²) in [5.41, 5.74) is 0.569. The summed E-state index contributed by atoms with van der Waals surface area (Å²) in [7, 11) is 3.37. The van der Waals surface area contributed by atoms with E-state index in [1.165, 1.54) is 0 Å². The average molecular weight is 233 g/mol. The maximum Gasteiger partial charge on any atom is 0.128 e. The molecule has 0 radical (unpaired) electrons. The SMILES string of the molecule is COC1CN(c2ccc(C#N)cn2)CC1OC. The molecule has 2 atom stereocenters. The first kappa shape index (κ1) is 11.8. The van der Waals surface area contributed by atoms with Crippen molar-refractivity contribution in [3.8, 4) is 6.07 Å². The van der Waals surface area contributed by atoms with Gasteiger partial charge in [0, 0.05) is 33.5 Å². The third-order valence-corrected chi connectivity index (χ3v) is 3.02. The Morgan fingerprint density at radius 3 is 2.35 bits per heavy atom. The van der Waals surface area contributed by atoms with Gasteiger partial charge in [-0.1, -0.05) is 0 Å². The number of rotatable bonds is 3. The largest absolute Gasteiger partial charge is 0.377 e. The average Bonchev–Trinajstić information content (AvgIpc) is 2.82. The summed E-state index contributed by atoms with van der Waals surface area (Å²) >= 11 is 0. The van der Waals surface area contributed by atoms with Crippen molar-refractivity contribution in [2.45, 2.75) is 12.2 Å². The standard InChI is InChI=1S/C12H15N3O2/c1-16-10-7-15(8-11(10)17-2)12-4-3-9(5-13)6-14-12/h3-4,6,10-11H,7-8H2,1-2H3. The van der Waals surface area contributed by atoms with Crippen LogP contribution in [0.25, 0.3) is 0 Å². The second-order valence-corrected chi connectivity index (χ2v) is 3.97. The van der Waals surface area contributed by atoms with Gasteiger partial charge in [-0.15, -0.1) is 0 Å². The zero-order chi connectivity index (χ0) is 12.3. The Morgan fingerprint density at radius 1 is 1.29 bits per heavy atom. The van der Waals surface area contributed by atoms with Gasteiger partial charge in [0.2, 0.25) is 0 Å². The minimum absolute atomic E-state index is 0.0671. The number of hydrogen-bond donors (Lipinski definition) is 0. The van der Waals surface area contributed by atoms with Crippen LogP contribution >= 0.6 is 0 Å². The minimum atomic E-state index is 0.0671. The van der Waals surface area contributed by atoms with Gasteiger partial charge in [-0.2, -0.15) is 5.26 Å². The van der Waals surface area contributed by atoms with Crippen LogP contribution in [-0.4, -0.2) is 44.5 Å². The van der Waals surface area contributed by atoms with Crippen LogP contribution in [0, 0.1) is 11.3 Å². The van der Waals surface area contributed by atoms with Crippen LogP contribution in [0.5, 0.6) is 0 Å². The molecule has 1 aromatic heterocycles. The molecule has 0 aromatic carbocycles. The Hall–Kier alpha value is -1.64. The highest BCUT2D eigenvalue weighted by molar-refractivity contribution is 5.43. The molecule has 1 fully saturated rings. The lowest BCUT2D eigenvalue weighted by molar-refractivity contribution is -0.00461. The van der Waals surface area contributed by atoms with E-state index in [0.717, 1.165) is 18.9 Å². The summed E-state index contributed by atoms with van der Waals surface area (Å²) in [6.45, 7) is 1.52. The third-order valence-electron chi connectivity index (χ3n) is 3.02. The summed E-state index contributed by atoms with van der Waals surface area (Å²) in [6, 6.07) is 5.67. The summed E-state index contributed by atoms with van der Waals surface area (Å²) < 4.78 is 10.7. The molecule has 0 bridgehead atoms. The molecule has 0 saturated carbocycles. The molecule has 1 saturated heterocycles. The molecule has 5 nitrogen and oxygen atoms in total. The second-order valence-electron chi connectivity index (χ2n) is 3.97. The summed E-state index contributed by atoms with van der Waals surface area (Å²) in [5.74, 6) is 0.852. The van der Waals surface area contributed by atoms with E-state index in [4.69, 9.17) is 14.7 Å². The molecule has 5 heteroatoms. The summed E-state index contributed by atoms with van der Waals surface area (Å²) in [6.07, 6.45) is 1.71. The molecular formula is C12H15N3O2. The van der Waals surface area contributed by atoms with Crippen molar-refractivity contribution in [2.75, 3.05) is 32.2 Å². The highest BCUT2D eigenvalue weighted by Crippen LogP contribution is 2.21. The molecule has 2 unspecified atom stereocenters. The van der Waals surface area contributed by atoms with Crippen molar-refractivity contribution in [3.05, 3.63) is 23.9 Å². The quantitative estimate of drug-likeness (QED) is 0.773. The van der Waals surface area contributed by atoms with Crippen LogP contribution in [0.4, 0.5) is 5.82 Å². The number of nitriles is 1. The van der Waals surface area contributed by atoms with E-state index in [0.29, 0.717) is 5.56 Å². The molecule has 17 heavy (non-hydrogen) atoms. The monoisotopic (exact) mass is 233 g/mol. The first-order chi connectivity index (χ1) is 8.28. The van der Waals surface area contributed by atoms with Crippen LogP contribution in [0.1, 0.15) is 5.56 Å². The lowest BCUT2D eigenvalue weighted by Crippen LogP contribution is -2.27. The fourth-order valence-electron chi connectivity index (χ4n) is 2.02. The van der Waals surface area contributed by atoms with Crippen LogP contribution in [0.3, 0.4) is 0 Å². The topological polar surface area (TPSA) is 58.4 Å². The molecule has 0 amide bonds. The zero-order valence-electron chi connectivity index (χ0n) is 9.96. The molecule has 90 valence electrons. The Kier molecular flexibility index (Phi) is 3.57. The number of anilines is 1. The van der Waals surface area contributed by atoms with Gasteiger partial charge in [-0.3, -0.25) is 0 Å². The molecule has 0 N–H and O–H groups in total. The van der Waals surface area contributed by atoms with Gasteiger partial charge in [-0.25, -0.2) is 4.98 Å². The van der Waals surface area contributed by atoms with Crippen molar-refractivity contribution >= 4 is 5.82 Å². The number of pyridine rings is 1. The lowest BCUT2D eigenvalue weighted by atomic mass is 10.3. The summed E-state index contributed by atoms with van der Waals surface area (Å²) in [4.78, 5) is 6.36. The number of nitrogens with zero attached hydrogens (tertiary/aromatic N) is 3. The fourth-order valence-corrected chi connectivity index (χ4v) is 2.02. The minimum Gasteiger partial charge on any atom is -0.377 e.